The number of ether oxygens (including phenoxy) is 1. The highest BCUT2D eigenvalue weighted by atomic mass is 16.5. The summed E-state index contributed by atoms with van der Waals surface area (Å²) < 4.78 is 4.97. The first-order chi connectivity index (χ1) is 8.58. The topological polar surface area (TPSA) is 63.6 Å². The molecule has 0 fully saturated rings. The Kier molecular flexibility index (Phi) is 8.62. The number of esters is 1. The van der Waals surface area contributed by atoms with Crippen LogP contribution in [-0.4, -0.2) is 23.7 Å². The van der Waals surface area contributed by atoms with Crippen molar-refractivity contribution in [2.24, 2.45) is 11.8 Å². The maximum atomic E-state index is 11.9. The summed E-state index contributed by atoms with van der Waals surface area (Å²) in [6.45, 7) is 9.10. The molecule has 0 rings (SSSR count). The van der Waals surface area contributed by atoms with E-state index in [-0.39, 0.29) is 13.0 Å². The first-order valence-electron chi connectivity index (χ1n) is 6.19. The van der Waals surface area contributed by atoms with Gasteiger partial charge in [0.2, 0.25) is 0 Å². The number of carboxylic acids is 1. The van der Waals surface area contributed by atoms with Crippen molar-refractivity contribution in [3.63, 3.8) is 0 Å². The lowest BCUT2D eigenvalue weighted by atomic mass is 9.85. The summed E-state index contributed by atoms with van der Waals surface area (Å²) in [4.78, 5) is 23.1. The normalized spacial score (nSPS) is 13.4. The lowest BCUT2D eigenvalue weighted by molar-refractivity contribution is -0.157. The molecule has 102 valence electrons. The van der Waals surface area contributed by atoms with Gasteiger partial charge in [0, 0.05) is 0 Å². The average molecular weight is 254 g/mol. The molecule has 0 aromatic rings. The second kappa shape index (κ2) is 9.45. The molecule has 0 unspecified atom stereocenters. The molecule has 18 heavy (non-hydrogen) atoms. The Balaban J connectivity index is 4.79. The van der Waals surface area contributed by atoms with Crippen molar-refractivity contribution in [2.45, 2.75) is 32.6 Å². The zero-order chi connectivity index (χ0) is 14.0. The van der Waals surface area contributed by atoms with Crippen LogP contribution in [0.15, 0.2) is 25.3 Å². The van der Waals surface area contributed by atoms with Crippen molar-refractivity contribution >= 4 is 11.9 Å². The Labute approximate surface area is 108 Å². The molecule has 0 aromatic heterocycles. The molecule has 0 amide bonds. The molecule has 0 spiro atoms. The third-order valence-electron chi connectivity index (χ3n) is 2.74. The van der Waals surface area contributed by atoms with Crippen molar-refractivity contribution in [1.82, 2.24) is 0 Å². The first kappa shape index (κ1) is 16.4. The molecule has 0 heterocycles. The van der Waals surface area contributed by atoms with E-state index in [2.05, 4.69) is 13.2 Å². The minimum Gasteiger partial charge on any atom is -0.481 e. The van der Waals surface area contributed by atoms with Crippen LogP contribution in [0, 0.1) is 11.8 Å². The summed E-state index contributed by atoms with van der Waals surface area (Å²) in [5.74, 6) is -2.81. The Morgan fingerprint density at radius 1 is 1.28 bits per heavy atom. The van der Waals surface area contributed by atoms with Crippen molar-refractivity contribution in [3.8, 4) is 0 Å². The predicted octanol–water partition coefficient (Wildman–Crippen LogP) is 2.80. The van der Waals surface area contributed by atoms with Gasteiger partial charge in [0.15, 0.2) is 0 Å². The van der Waals surface area contributed by atoms with E-state index in [0.29, 0.717) is 6.42 Å². The number of hydrogen-bond donors (Lipinski definition) is 1. The molecule has 0 aliphatic carbocycles. The van der Waals surface area contributed by atoms with Gasteiger partial charge >= 0.3 is 11.9 Å². The Hall–Kier alpha value is -1.58. The Morgan fingerprint density at radius 2 is 1.94 bits per heavy atom. The number of unbranched alkanes of at least 4 members (excludes halogenated alkanes) is 1. The largest absolute Gasteiger partial charge is 0.481 e. The van der Waals surface area contributed by atoms with Crippen LogP contribution in [0.2, 0.25) is 0 Å². The van der Waals surface area contributed by atoms with Gasteiger partial charge in [0.1, 0.15) is 6.61 Å². The second-order valence-corrected chi connectivity index (χ2v) is 4.14. The Morgan fingerprint density at radius 3 is 2.39 bits per heavy atom. The lowest BCUT2D eigenvalue weighted by Gasteiger charge is -2.21. The number of aliphatic carboxylic acids is 1. The van der Waals surface area contributed by atoms with Gasteiger partial charge in [-0.25, -0.2) is 0 Å². The number of rotatable bonds is 10. The molecule has 1 N–H and O–H groups in total. The van der Waals surface area contributed by atoms with Crippen LogP contribution in [-0.2, 0) is 14.3 Å². The molecule has 0 saturated heterocycles. The SMILES string of the molecule is C=CCOC(=O)[C@H](CCCC)[C@H](CC=C)C(=O)O. The van der Waals surface area contributed by atoms with E-state index in [4.69, 9.17) is 4.74 Å². The van der Waals surface area contributed by atoms with Gasteiger partial charge in [-0.1, -0.05) is 38.5 Å². The zero-order valence-corrected chi connectivity index (χ0v) is 10.9. The van der Waals surface area contributed by atoms with Gasteiger partial charge in [0.25, 0.3) is 0 Å². The first-order valence-corrected chi connectivity index (χ1v) is 6.19. The van der Waals surface area contributed by atoms with Crippen molar-refractivity contribution in [3.05, 3.63) is 25.3 Å². The Bertz CT molecular complexity index is 296. The van der Waals surface area contributed by atoms with Crippen LogP contribution in [0.1, 0.15) is 32.6 Å². The summed E-state index contributed by atoms with van der Waals surface area (Å²) >= 11 is 0. The molecule has 0 bridgehead atoms. The van der Waals surface area contributed by atoms with E-state index in [0.717, 1.165) is 12.8 Å². The van der Waals surface area contributed by atoms with Crippen LogP contribution in [0.4, 0.5) is 0 Å². The fourth-order valence-corrected chi connectivity index (χ4v) is 1.77. The minimum atomic E-state index is -0.980. The van der Waals surface area contributed by atoms with Gasteiger partial charge in [0.05, 0.1) is 11.8 Å². The maximum absolute atomic E-state index is 11.9. The summed E-state index contributed by atoms with van der Waals surface area (Å²) in [7, 11) is 0. The molecular formula is C14H22O4. The lowest BCUT2D eigenvalue weighted by Crippen LogP contribution is -2.31. The van der Waals surface area contributed by atoms with Crippen molar-refractivity contribution in [1.29, 1.82) is 0 Å². The third-order valence-corrected chi connectivity index (χ3v) is 2.74. The number of carbonyl (C=O) groups is 2. The van der Waals surface area contributed by atoms with Crippen LogP contribution in [0.3, 0.4) is 0 Å². The number of hydrogen-bond acceptors (Lipinski definition) is 3. The monoisotopic (exact) mass is 254 g/mol. The van der Waals surface area contributed by atoms with Crippen LogP contribution in [0.25, 0.3) is 0 Å². The molecule has 4 heteroatoms. The summed E-state index contributed by atoms with van der Waals surface area (Å²) in [5, 5.41) is 9.17. The van der Waals surface area contributed by atoms with Crippen LogP contribution in [0.5, 0.6) is 0 Å². The van der Waals surface area contributed by atoms with Crippen LogP contribution < -0.4 is 0 Å². The third kappa shape index (κ3) is 5.66. The minimum absolute atomic E-state index is 0.113. The van der Waals surface area contributed by atoms with E-state index < -0.39 is 23.8 Å². The molecule has 0 saturated carbocycles. The fraction of sp³-hybridized carbons (Fsp3) is 0.571. The molecule has 2 atom stereocenters. The number of carboxylic acid groups (broad SMARTS) is 1. The molecule has 0 radical (unpaired) electrons. The van der Waals surface area contributed by atoms with Crippen molar-refractivity contribution in [2.75, 3.05) is 6.61 Å². The maximum Gasteiger partial charge on any atom is 0.310 e. The standard InChI is InChI=1S/C14H22O4/c1-4-7-9-12(14(17)18-10-6-3)11(8-5-2)13(15)16/h5-6,11-12H,2-4,7-10H2,1H3,(H,15,16)/t11-,12+/m0/s1. The summed E-state index contributed by atoms with van der Waals surface area (Å²) in [6.07, 6.45) is 5.50. The van der Waals surface area contributed by atoms with E-state index in [9.17, 15) is 14.7 Å². The molecule has 0 aliphatic heterocycles. The van der Waals surface area contributed by atoms with Gasteiger partial charge in [-0.05, 0) is 12.8 Å². The number of allylic oxidation sites excluding steroid dienone is 1. The highest BCUT2D eigenvalue weighted by Gasteiger charge is 2.33. The van der Waals surface area contributed by atoms with E-state index in [1.807, 2.05) is 6.92 Å². The molecule has 0 aromatic carbocycles. The average Bonchev–Trinajstić information content (AvgIpc) is 2.35. The second-order valence-electron chi connectivity index (χ2n) is 4.14. The quantitative estimate of drug-likeness (QED) is 0.481. The molecule has 4 nitrogen and oxygen atoms in total. The van der Waals surface area contributed by atoms with Gasteiger partial charge in [-0.15, -0.1) is 6.58 Å². The van der Waals surface area contributed by atoms with Crippen molar-refractivity contribution < 1.29 is 19.4 Å². The summed E-state index contributed by atoms with van der Waals surface area (Å²) in [6, 6.07) is 0. The molecular weight excluding hydrogens is 232 g/mol. The zero-order valence-electron chi connectivity index (χ0n) is 10.9. The van der Waals surface area contributed by atoms with Gasteiger partial charge in [-0.2, -0.15) is 0 Å². The predicted molar refractivity (Wildman–Crippen MR) is 70.1 cm³/mol. The van der Waals surface area contributed by atoms with E-state index in [1.54, 1.807) is 0 Å². The van der Waals surface area contributed by atoms with Gasteiger partial charge < -0.3 is 9.84 Å². The van der Waals surface area contributed by atoms with E-state index >= 15 is 0 Å². The fourth-order valence-electron chi connectivity index (χ4n) is 1.77. The number of carbonyl (C=O) groups excluding carboxylic acids is 1. The highest BCUT2D eigenvalue weighted by molar-refractivity contribution is 5.81. The van der Waals surface area contributed by atoms with E-state index in [1.165, 1.54) is 12.2 Å². The summed E-state index contributed by atoms with van der Waals surface area (Å²) in [5.41, 5.74) is 0. The van der Waals surface area contributed by atoms with Gasteiger partial charge in [-0.3, -0.25) is 9.59 Å². The highest BCUT2D eigenvalue weighted by Crippen LogP contribution is 2.24. The van der Waals surface area contributed by atoms with Crippen LogP contribution >= 0.6 is 0 Å². The smallest absolute Gasteiger partial charge is 0.310 e. The molecule has 0 aliphatic rings.